The molecule has 43 heavy (non-hydrogen) atoms. The average Bonchev–Trinajstić information content (AvgIpc) is 3.51. The molecule has 1 fully saturated rings. The van der Waals surface area contributed by atoms with Gasteiger partial charge in [-0.15, -0.1) is 5.10 Å². The van der Waals surface area contributed by atoms with Crippen LogP contribution in [-0.4, -0.2) is 55.2 Å². The van der Waals surface area contributed by atoms with Crippen LogP contribution in [0.25, 0.3) is 5.69 Å². The highest BCUT2D eigenvalue weighted by molar-refractivity contribution is 7.99. The molecule has 3 aromatic carbocycles. The topological polar surface area (TPSA) is 138 Å². The Morgan fingerprint density at radius 1 is 1.02 bits per heavy atom. The molecule has 0 spiro atoms. The standard InChI is InChI=1S/C31H33N5O6S/c1-20(40-21(2)38)29(39)32-17-22-8-14-25(15-9-22)30-41-27(16-28(42-30)24-12-10-23(18-37)11-13-24)19-43-31-33-34-35-36(31)26-6-4-3-5-7-26/h3-15,20,27-28,30,37H,16-19H2,1-2H3,(H,32,39). The van der Waals surface area contributed by atoms with E-state index in [0.717, 1.165) is 27.9 Å². The van der Waals surface area contributed by atoms with Crippen molar-refractivity contribution in [2.75, 3.05) is 5.75 Å². The van der Waals surface area contributed by atoms with Crippen LogP contribution in [-0.2, 0) is 37.0 Å². The summed E-state index contributed by atoms with van der Waals surface area (Å²) in [5.41, 5.74) is 4.41. The number of para-hydroxylation sites is 1. The summed E-state index contributed by atoms with van der Waals surface area (Å²) in [5.74, 6) is -0.274. The molecule has 2 N–H and O–H groups in total. The molecule has 0 radical (unpaired) electrons. The van der Waals surface area contributed by atoms with Gasteiger partial charge in [-0.1, -0.05) is 78.5 Å². The highest BCUT2D eigenvalue weighted by atomic mass is 32.2. The van der Waals surface area contributed by atoms with E-state index >= 15 is 0 Å². The van der Waals surface area contributed by atoms with E-state index in [9.17, 15) is 14.7 Å². The van der Waals surface area contributed by atoms with Crippen LogP contribution in [0.5, 0.6) is 0 Å². The number of thioether (sulfide) groups is 1. The van der Waals surface area contributed by atoms with Crippen molar-refractivity contribution in [3.63, 3.8) is 0 Å². The second-order valence-corrected chi connectivity index (χ2v) is 11.1. The zero-order chi connectivity index (χ0) is 30.2. The monoisotopic (exact) mass is 603 g/mol. The molecule has 4 unspecified atom stereocenters. The fourth-order valence-electron chi connectivity index (χ4n) is 4.62. The summed E-state index contributed by atoms with van der Waals surface area (Å²) < 4.78 is 19.5. The van der Waals surface area contributed by atoms with Crippen LogP contribution < -0.4 is 5.32 Å². The number of amides is 1. The lowest BCUT2D eigenvalue weighted by molar-refractivity contribution is -0.245. The fraction of sp³-hybridized carbons (Fsp3) is 0.323. The van der Waals surface area contributed by atoms with E-state index in [1.165, 1.54) is 25.6 Å². The molecule has 1 saturated heterocycles. The zero-order valence-electron chi connectivity index (χ0n) is 23.8. The van der Waals surface area contributed by atoms with Crippen molar-refractivity contribution >= 4 is 23.6 Å². The minimum Gasteiger partial charge on any atom is -0.453 e. The summed E-state index contributed by atoms with van der Waals surface area (Å²) in [7, 11) is 0. The van der Waals surface area contributed by atoms with E-state index in [1.807, 2.05) is 78.9 Å². The zero-order valence-corrected chi connectivity index (χ0v) is 24.6. The van der Waals surface area contributed by atoms with E-state index in [2.05, 4.69) is 20.8 Å². The van der Waals surface area contributed by atoms with E-state index in [1.54, 1.807) is 4.68 Å². The summed E-state index contributed by atoms with van der Waals surface area (Å²) in [4.78, 5) is 23.3. The summed E-state index contributed by atoms with van der Waals surface area (Å²) in [5, 5.41) is 25.1. The largest absolute Gasteiger partial charge is 0.453 e. The van der Waals surface area contributed by atoms with Crippen molar-refractivity contribution in [3.05, 3.63) is 101 Å². The van der Waals surface area contributed by atoms with E-state index < -0.39 is 18.4 Å². The molecule has 4 atom stereocenters. The molecule has 0 bridgehead atoms. The molecule has 1 aromatic heterocycles. The smallest absolute Gasteiger partial charge is 0.303 e. The molecule has 224 valence electrons. The Labute approximate surface area is 253 Å². The minimum absolute atomic E-state index is 0.0254. The third-order valence-electron chi connectivity index (χ3n) is 6.89. The molecule has 4 aromatic rings. The van der Waals surface area contributed by atoms with Gasteiger partial charge in [0.15, 0.2) is 12.4 Å². The first-order valence-electron chi connectivity index (χ1n) is 13.9. The maximum Gasteiger partial charge on any atom is 0.303 e. The van der Waals surface area contributed by atoms with Crippen LogP contribution in [0.4, 0.5) is 0 Å². The van der Waals surface area contributed by atoms with Gasteiger partial charge in [0.2, 0.25) is 5.16 Å². The summed E-state index contributed by atoms with van der Waals surface area (Å²) in [6.07, 6.45) is -1.27. The number of ether oxygens (including phenoxy) is 3. The first kappa shape index (κ1) is 30.4. The SMILES string of the molecule is CC(=O)OC(C)C(=O)NCc1ccc(C2OC(CSc3nnnn3-c3ccccc3)CC(c3ccc(CO)cc3)O2)cc1. The number of benzene rings is 3. The third kappa shape index (κ3) is 8.05. The van der Waals surface area contributed by atoms with Crippen LogP contribution in [0.3, 0.4) is 0 Å². The fourth-order valence-corrected chi connectivity index (χ4v) is 5.53. The molecular weight excluding hydrogens is 570 g/mol. The van der Waals surface area contributed by atoms with Crippen molar-refractivity contribution in [3.8, 4) is 5.69 Å². The number of carbonyl (C=O) groups excluding carboxylic acids is 2. The van der Waals surface area contributed by atoms with Crippen LogP contribution in [0, 0.1) is 0 Å². The third-order valence-corrected chi connectivity index (χ3v) is 7.94. The number of aromatic nitrogens is 4. The summed E-state index contributed by atoms with van der Waals surface area (Å²) >= 11 is 1.51. The quantitative estimate of drug-likeness (QED) is 0.191. The number of rotatable bonds is 11. The number of carbonyl (C=O) groups is 2. The van der Waals surface area contributed by atoms with Gasteiger partial charge in [-0.3, -0.25) is 9.59 Å². The maximum atomic E-state index is 12.2. The van der Waals surface area contributed by atoms with Crippen LogP contribution in [0.1, 0.15) is 54.9 Å². The van der Waals surface area contributed by atoms with Crippen LogP contribution in [0.2, 0.25) is 0 Å². The molecule has 0 saturated carbocycles. The number of hydrogen-bond donors (Lipinski definition) is 2. The average molecular weight is 604 g/mol. The van der Waals surface area contributed by atoms with Gasteiger partial charge in [0.1, 0.15) is 0 Å². The lowest BCUT2D eigenvalue weighted by Gasteiger charge is -2.36. The molecule has 5 rings (SSSR count). The van der Waals surface area contributed by atoms with Gasteiger partial charge >= 0.3 is 5.97 Å². The van der Waals surface area contributed by atoms with Gasteiger partial charge in [0.05, 0.1) is 24.5 Å². The van der Waals surface area contributed by atoms with Crippen LogP contribution in [0.15, 0.2) is 84.0 Å². The Morgan fingerprint density at radius 2 is 1.72 bits per heavy atom. The Bertz CT molecular complexity index is 1500. The predicted molar refractivity (Wildman–Crippen MR) is 158 cm³/mol. The Balaban J connectivity index is 1.28. The van der Waals surface area contributed by atoms with Crippen molar-refractivity contribution < 1.29 is 28.9 Å². The minimum atomic E-state index is -0.865. The molecule has 1 amide bonds. The lowest BCUT2D eigenvalue weighted by atomic mass is 10.0. The Hall–Kier alpha value is -4.10. The molecule has 1 aliphatic heterocycles. The highest BCUT2D eigenvalue weighted by Gasteiger charge is 2.32. The second kappa shape index (κ2) is 14.4. The number of hydrogen-bond acceptors (Lipinski definition) is 10. The number of nitrogens with zero attached hydrogens (tertiary/aromatic N) is 4. The van der Waals surface area contributed by atoms with Gasteiger partial charge in [-0.05, 0) is 46.2 Å². The highest BCUT2D eigenvalue weighted by Crippen LogP contribution is 2.39. The maximum absolute atomic E-state index is 12.2. The van der Waals surface area contributed by atoms with E-state index in [0.29, 0.717) is 17.3 Å². The van der Waals surface area contributed by atoms with Gasteiger partial charge in [0, 0.05) is 31.2 Å². The van der Waals surface area contributed by atoms with Crippen molar-refractivity contribution in [1.29, 1.82) is 0 Å². The van der Waals surface area contributed by atoms with Gasteiger partial charge < -0.3 is 24.6 Å². The molecule has 2 heterocycles. The molecular formula is C31H33N5O6S. The van der Waals surface area contributed by atoms with E-state index in [-0.39, 0.29) is 31.3 Å². The Morgan fingerprint density at radius 3 is 2.42 bits per heavy atom. The van der Waals surface area contributed by atoms with Gasteiger partial charge in [-0.25, -0.2) is 0 Å². The van der Waals surface area contributed by atoms with E-state index in [4.69, 9.17) is 14.2 Å². The number of tetrazole rings is 1. The summed E-state index contributed by atoms with van der Waals surface area (Å²) in [6.45, 7) is 3.06. The lowest BCUT2D eigenvalue weighted by Crippen LogP contribution is -2.35. The molecule has 1 aliphatic rings. The van der Waals surface area contributed by atoms with Crippen molar-refractivity contribution in [2.24, 2.45) is 0 Å². The molecule has 0 aliphatic carbocycles. The van der Waals surface area contributed by atoms with Crippen LogP contribution >= 0.6 is 11.8 Å². The summed E-state index contributed by atoms with van der Waals surface area (Å²) in [6, 6.07) is 25.1. The van der Waals surface area contributed by atoms with Crippen molar-refractivity contribution in [2.45, 2.75) is 63.2 Å². The van der Waals surface area contributed by atoms with Gasteiger partial charge in [-0.2, -0.15) is 4.68 Å². The Kier molecular flexibility index (Phi) is 10.2. The molecule has 11 nitrogen and oxygen atoms in total. The molecule has 12 heteroatoms. The number of aliphatic hydroxyl groups is 1. The normalized spacial score (nSPS) is 19.0. The number of esters is 1. The van der Waals surface area contributed by atoms with Gasteiger partial charge in [0.25, 0.3) is 5.91 Å². The predicted octanol–water partition coefficient (Wildman–Crippen LogP) is 4.06. The first-order chi connectivity index (χ1) is 20.9. The second-order valence-electron chi connectivity index (χ2n) is 10.1. The number of aliphatic hydroxyl groups excluding tert-OH is 1. The van der Waals surface area contributed by atoms with Crippen molar-refractivity contribution in [1.82, 2.24) is 25.5 Å². The first-order valence-corrected chi connectivity index (χ1v) is 14.9. The number of nitrogens with one attached hydrogen (secondary N) is 1.